The minimum absolute atomic E-state index is 0. The number of aryl methyl sites for hydroxylation is 3. The maximum Gasteiger partial charge on any atom is 0.254 e. The monoisotopic (exact) mass is 927 g/mol. The average molecular weight is 929 g/mol. The molecular formula is C34H48O6P3S6Zr-. The molecule has 0 aromatic heterocycles. The van der Waals surface area contributed by atoms with Gasteiger partial charge in [-0.3, -0.25) is 19.8 Å². The van der Waals surface area contributed by atoms with Crippen LogP contribution in [0.25, 0.3) is 0 Å². The summed E-state index contributed by atoms with van der Waals surface area (Å²) in [4.78, 5) is 29.3. The van der Waals surface area contributed by atoms with Gasteiger partial charge in [0.05, 0.1) is 0 Å². The Hall–Kier alpha value is 0.693. The molecule has 276 valence electrons. The smallest absolute Gasteiger partial charge is 0.254 e. The fraction of sp³-hybridized carbons (Fsp3) is 0.353. The van der Waals surface area contributed by atoms with Gasteiger partial charge in [-0.25, -0.2) is 5.57 Å². The standard InChI is InChI=1S/C10H15.3C8H11O2PS2.Zr/c1-7-6-10(4,5)9(3)8(7)2;3*1-2-7-5-3-4-6-8(7)12-13-11(9)10;/h1-5H3;3*3-6,11H,2H2,1H3,(H,9,10);/q-1;;;;. The van der Waals surface area contributed by atoms with E-state index >= 15 is 0 Å². The van der Waals surface area contributed by atoms with Gasteiger partial charge < -0.3 is 14.7 Å². The Morgan fingerprint density at radius 1 is 0.580 bits per heavy atom. The molecule has 0 fully saturated rings. The number of allylic oxidation sites excluding steroid dienone is 4. The molecule has 0 saturated heterocycles. The van der Waals surface area contributed by atoms with Crippen LogP contribution in [-0.4, -0.2) is 14.7 Å². The zero-order valence-corrected chi connectivity index (χ0v) is 39.9. The molecule has 50 heavy (non-hydrogen) atoms. The van der Waals surface area contributed by atoms with E-state index in [1.54, 1.807) is 0 Å². The van der Waals surface area contributed by atoms with Crippen molar-refractivity contribution in [3.8, 4) is 0 Å². The fourth-order valence-electron chi connectivity index (χ4n) is 4.28. The van der Waals surface area contributed by atoms with Gasteiger partial charge in [-0.1, -0.05) is 108 Å². The first kappa shape index (κ1) is 50.7. The van der Waals surface area contributed by atoms with E-state index in [-0.39, 0.29) is 31.6 Å². The molecule has 6 nitrogen and oxygen atoms in total. The van der Waals surface area contributed by atoms with E-state index in [9.17, 15) is 13.7 Å². The van der Waals surface area contributed by atoms with Crippen molar-refractivity contribution >= 4 is 85.3 Å². The van der Waals surface area contributed by atoms with Crippen LogP contribution in [-0.2, 0) is 59.2 Å². The first-order valence-corrected chi connectivity index (χ1v) is 28.1. The van der Waals surface area contributed by atoms with Gasteiger partial charge in [0.1, 0.15) is 0 Å². The maximum atomic E-state index is 10.5. The number of hydrogen-bond donors (Lipinski definition) is 3. The van der Waals surface area contributed by atoms with Crippen molar-refractivity contribution in [1.82, 2.24) is 0 Å². The summed E-state index contributed by atoms with van der Waals surface area (Å²) in [5.41, 5.74) is 8.07. The molecule has 0 radical (unpaired) electrons. The quantitative estimate of drug-likeness (QED) is 0.0913. The zero-order chi connectivity index (χ0) is 37.0. The predicted octanol–water partition coefficient (Wildman–Crippen LogP) is 13.2. The fourth-order valence-corrected chi connectivity index (χ4v) is 13.4. The third-order valence-electron chi connectivity index (χ3n) is 7.23. The van der Waals surface area contributed by atoms with E-state index in [4.69, 9.17) is 14.7 Å². The second-order valence-corrected chi connectivity index (χ2v) is 25.4. The molecule has 3 aromatic carbocycles. The summed E-state index contributed by atoms with van der Waals surface area (Å²) in [5.74, 6) is 0. The van der Waals surface area contributed by atoms with E-state index in [2.05, 4.69) is 61.5 Å². The third kappa shape index (κ3) is 20.4. The summed E-state index contributed by atoms with van der Waals surface area (Å²) in [7, 11) is -0.0467. The third-order valence-corrected chi connectivity index (χ3v) is 19.4. The summed E-state index contributed by atoms with van der Waals surface area (Å²) < 4.78 is 31.5. The second kappa shape index (κ2) is 28.2. The van der Waals surface area contributed by atoms with Crippen molar-refractivity contribution in [3.63, 3.8) is 0 Å². The normalized spacial score (nSPS) is 14.7. The predicted molar refractivity (Wildman–Crippen MR) is 226 cm³/mol. The molecule has 0 spiro atoms. The van der Waals surface area contributed by atoms with Crippen molar-refractivity contribution in [2.24, 2.45) is 5.41 Å². The van der Waals surface area contributed by atoms with Gasteiger partial charge in [-0.05, 0) is 86.5 Å². The summed E-state index contributed by atoms with van der Waals surface area (Å²) >= 11 is 0. The number of rotatable bonds is 12. The zero-order valence-electron chi connectivity index (χ0n) is 29.6. The molecule has 0 heterocycles. The van der Waals surface area contributed by atoms with Gasteiger partial charge >= 0.3 is 0 Å². The van der Waals surface area contributed by atoms with Crippen molar-refractivity contribution in [2.45, 2.75) is 89.3 Å². The largest absolute Gasteiger partial charge is 0.338 e. The first-order valence-electron chi connectivity index (χ1n) is 15.4. The van der Waals surface area contributed by atoms with Gasteiger partial charge in [0.2, 0.25) is 0 Å². The Kier molecular flexibility index (Phi) is 28.5. The summed E-state index contributed by atoms with van der Waals surface area (Å²) in [6, 6.07) is 23.8. The minimum atomic E-state index is -2.43. The molecule has 0 bridgehead atoms. The van der Waals surface area contributed by atoms with E-state index in [1.165, 1.54) is 65.8 Å². The van der Waals surface area contributed by atoms with E-state index in [0.717, 1.165) is 65.2 Å². The molecule has 3 N–H and O–H groups in total. The molecule has 1 aliphatic carbocycles. The molecule has 3 aromatic rings. The van der Waals surface area contributed by atoms with Crippen LogP contribution in [0.2, 0.25) is 0 Å². The van der Waals surface area contributed by atoms with Crippen LogP contribution in [0.15, 0.2) is 104 Å². The van der Waals surface area contributed by atoms with Gasteiger partial charge in [-0.2, -0.15) is 11.1 Å². The molecule has 3 unspecified atom stereocenters. The van der Waals surface area contributed by atoms with E-state index < -0.39 is 21.7 Å². The van der Waals surface area contributed by atoms with Crippen LogP contribution < -0.4 is 0 Å². The second-order valence-electron chi connectivity index (χ2n) is 10.8. The Bertz CT molecular complexity index is 1460. The Labute approximate surface area is 343 Å². The topological polar surface area (TPSA) is 112 Å². The average Bonchev–Trinajstić information content (AvgIpc) is 3.26. The van der Waals surface area contributed by atoms with Crippen molar-refractivity contribution in [1.29, 1.82) is 0 Å². The van der Waals surface area contributed by atoms with Crippen LogP contribution >= 0.6 is 85.3 Å². The van der Waals surface area contributed by atoms with Gasteiger partial charge in [0, 0.05) is 72.1 Å². The van der Waals surface area contributed by atoms with Crippen LogP contribution in [0, 0.1) is 11.5 Å². The molecule has 0 amide bonds. The van der Waals surface area contributed by atoms with E-state index in [0.29, 0.717) is 0 Å². The molecule has 4 rings (SSSR count). The summed E-state index contributed by atoms with van der Waals surface area (Å²) in [5, 5.41) is 0. The van der Waals surface area contributed by atoms with Gasteiger partial charge in [0.25, 0.3) is 21.7 Å². The molecule has 3 atom stereocenters. The van der Waals surface area contributed by atoms with Crippen LogP contribution in [0.1, 0.15) is 72.1 Å². The SMILES string of the molecule is CC1=[C-]C(C)(C)C(C)=C1C.CCc1ccccc1SS[PH](=O)O.CCc1ccccc1SS[PH](=O)O.CCc1ccccc1SS[PH](=O)O.[Zr]. The molecule has 0 aliphatic heterocycles. The Morgan fingerprint density at radius 3 is 1.04 bits per heavy atom. The molecule has 0 saturated carbocycles. The van der Waals surface area contributed by atoms with Gasteiger partial charge in [0.15, 0.2) is 0 Å². The Morgan fingerprint density at radius 2 is 0.860 bits per heavy atom. The summed E-state index contributed by atoms with van der Waals surface area (Å²) in [6.45, 7) is 17.1. The molecule has 16 heteroatoms. The molecular weight excluding hydrogens is 881 g/mol. The minimum Gasteiger partial charge on any atom is -0.338 e. The van der Waals surface area contributed by atoms with Gasteiger partial charge in [-0.15, -0.1) is 6.92 Å². The number of hydrogen-bond acceptors (Lipinski definition) is 9. The van der Waals surface area contributed by atoms with Crippen molar-refractivity contribution in [2.75, 3.05) is 0 Å². The van der Waals surface area contributed by atoms with Crippen LogP contribution in [0.5, 0.6) is 0 Å². The molecule has 1 aliphatic rings. The summed E-state index contributed by atoms with van der Waals surface area (Å²) in [6.07, 6.45) is 6.30. The maximum absolute atomic E-state index is 10.5. The van der Waals surface area contributed by atoms with Crippen LogP contribution in [0.4, 0.5) is 0 Å². The van der Waals surface area contributed by atoms with Crippen LogP contribution in [0.3, 0.4) is 0 Å². The van der Waals surface area contributed by atoms with Crippen molar-refractivity contribution in [3.05, 3.63) is 112 Å². The Balaban J connectivity index is 0.000000639. The number of benzene rings is 3. The van der Waals surface area contributed by atoms with E-state index in [1.807, 2.05) is 72.8 Å². The van der Waals surface area contributed by atoms with Crippen molar-refractivity contribution < 1.29 is 54.6 Å². The first-order chi connectivity index (χ1) is 23.2.